The summed E-state index contributed by atoms with van der Waals surface area (Å²) in [5.41, 5.74) is 0. The van der Waals surface area contributed by atoms with Crippen LogP contribution in [0.4, 0.5) is 4.39 Å². The Morgan fingerprint density at radius 2 is 1.22 bits per heavy atom. The maximum atomic E-state index is 18.8. The van der Waals surface area contributed by atoms with Crippen LogP contribution in [0.1, 0.15) is 91.0 Å². The summed E-state index contributed by atoms with van der Waals surface area (Å²) in [4.78, 5) is 27.3. The van der Waals surface area contributed by atoms with Gasteiger partial charge in [0.25, 0.3) is 16.6 Å². The van der Waals surface area contributed by atoms with E-state index in [1.807, 2.05) is 48.6 Å². The van der Waals surface area contributed by atoms with Crippen molar-refractivity contribution in [3.63, 3.8) is 0 Å². The van der Waals surface area contributed by atoms with E-state index in [9.17, 15) is 9.59 Å². The number of carbonyl (C=O) groups excluding carboxylic acids is 2. The lowest BCUT2D eigenvalue weighted by atomic mass is 9.85. The Morgan fingerprint density at radius 1 is 0.723 bits per heavy atom. The molecular formula is C56H65FO5SSi2. The van der Waals surface area contributed by atoms with Crippen LogP contribution in [0.25, 0.3) is 10.1 Å². The van der Waals surface area contributed by atoms with Crippen LogP contribution < -0.4 is 20.7 Å². The highest BCUT2D eigenvalue weighted by molar-refractivity contribution is 7.19. The van der Waals surface area contributed by atoms with E-state index in [0.717, 1.165) is 35.7 Å². The van der Waals surface area contributed by atoms with Crippen molar-refractivity contribution in [1.82, 2.24) is 0 Å². The summed E-state index contributed by atoms with van der Waals surface area (Å²) in [5.74, 6) is -1.06. The van der Waals surface area contributed by atoms with Crippen molar-refractivity contribution in [2.45, 2.75) is 109 Å². The summed E-state index contributed by atoms with van der Waals surface area (Å²) in [7, 11) is -5.03. The van der Waals surface area contributed by atoms with Crippen LogP contribution in [-0.4, -0.2) is 47.8 Å². The number of thiophene rings is 1. The van der Waals surface area contributed by atoms with Gasteiger partial charge in [-0.15, -0.1) is 11.3 Å². The summed E-state index contributed by atoms with van der Waals surface area (Å²) in [6.45, 7) is 13.4. The van der Waals surface area contributed by atoms with Gasteiger partial charge in [0.2, 0.25) is 0 Å². The van der Waals surface area contributed by atoms with Gasteiger partial charge in [-0.3, -0.25) is 9.59 Å². The number of methoxy groups -OCH3 is 1. The number of esters is 1. The average molecular weight is 925 g/mol. The lowest BCUT2D eigenvalue weighted by molar-refractivity contribution is -0.140. The van der Waals surface area contributed by atoms with Gasteiger partial charge in [0.05, 0.1) is 13.2 Å². The van der Waals surface area contributed by atoms with Crippen molar-refractivity contribution in [2.75, 3.05) is 7.11 Å². The van der Waals surface area contributed by atoms with E-state index in [2.05, 4.69) is 157 Å². The number of ether oxygens (including phenoxy) is 1. The zero-order chi connectivity index (χ0) is 46.2. The first kappa shape index (κ1) is 48.2. The van der Waals surface area contributed by atoms with Crippen LogP contribution in [0.2, 0.25) is 10.1 Å². The van der Waals surface area contributed by atoms with Crippen LogP contribution in [0, 0.1) is 11.8 Å². The molecule has 5 nitrogen and oxygen atoms in total. The topological polar surface area (TPSA) is 61.8 Å². The second-order valence-corrected chi connectivity index (χ2v) is 29.2. The fraction of sp³-hybridized carbons (Fsp3) is 0.357. The van der Waals surface area contributed by atoms with E-state index < -0.39 is 51.9 Å². The van der Waals surface area contributed by atoms with E-state index >= 15 is 4.39 Å². The van der Waals surface area contributed by atoms with Crippen LogP contribution in [0.15, 0.2) is 164 Å². The van der Waals surface area contributed by atoms with E-state index in [-0.39, 0.29) is 29.6 Å². The molecule has 0 aliphatic heterocycles. The quantitative estimate of drug-likeness (QED) is 0.0372. The predicted octanol–water partition coefficient (Wildman–Crippen LogP) is 11.7. The molecule has 9 heteroatoms. The van der Waals surface area contributed by atoms with Crippen LogP contribution in [0.5, 0.6) is 0 Å². The first-order chi connectivity index (χ1) is 31.2. The van der Waals surface area contributed by atoms with Gasteiger partial charge in [-0.25, -0.2) is 4.39 Å². The van der Waals surface area contributed by atoms with Crippen molar-refractivity contribution in [2.24, 2.45) is 11.8 Å². The highest BCUT2D eigenvalue weighted by Crippen LogP contribution is 2.48. The Bertz CT molecular complexity index is 2390. The minimum absolute atomic E-state index is 0.0760. The molecule has 1 fully saturated rings. The van der Waals surface area contributed by atoms with Crippen molar-refractivity contribution >= 4 is 70.6 Å². The Hall–Kier alpha value is -4.78. The third-order valence-corrected chi connectivity index (χ3v) is 24.6. The maximum absolute atomic E-state index is 18.8. The number of benzene rings is 5. The smallest absolute Gasteiger partial charge is 0.305 e. The monoisotopic (exact) mass is 924 g/mol. The number of halogens is 1. The van der Waals surface area contributed by atoms with Gasteiger partial charge in [0.1, 0.15) is 18.1 Å². The molecule has 0 radical (unpaired) electrons. The number of Topliss-reactive ketones (excluding diaryl/α,β-unsaturated/α-hetero) is 1. The number of carbonyl (C=O) groups is 2. The van der Waals surface area contributed by atoms with Crippen LogP contribution in [0.3, 0.4) is 0 Å². The largest absolute Gasteiger partial charge is 0.469 e. The standard InChI is InChI=1S/C56H65FO5SSi2/c1-55(2,3)64(42-27-14-10-15-28-42,43-29-16-11-17-30-43)61-50-40-49(58)46(35-22-8-9-23-37-53(59)60-7)47(50)39-48(57)54(52-38-41-26-24-25-36-51(41)63-52)62-65(56(4,5)6,44-31-18-12-19-32-44)45-33-20-13-21-34-45/h8,10-22,24-34,36,38,46-48,50,54H,9,23,35,37,39-40H2,1-7H3/b22-8-/t46-,47-,48?,50-,54?/m1/s1. The third kappa shape index (κ3) is 10.3. The zero-order valence-electron chi connectivity index (χ0n) is 39.0. The number of unbranched alkanes of at least 4 members (excludes halogenated alkanes) is 1. The first-order valence-electron chi connectivity index (χ1n) is 23.1. The van der Waals surface area contributed by atoms with Gasteiger partial charge < -0.3 is 13.6 Å². The Kier molecular flexibility index (Phi) is 15.4. The van der Waals surface area contributed by atoms with Gasteiger partial charge in [0.15, 0.2) is 0 Å². The molecule has 7 rings (SSSR count). The van der Waals surface area contributed by atoms with Gasteiger partial charge in [-0.05, 0) is 79.9 Å². The number of alkyl halides is 1. The molecule has 0 bridgehead atoms. The molecule has 6 aromatic rings. The Balaban J connectivity index is 1.35. The fourth-order valence-electron chi connectivity index (χ4n) is 10.2. The van der Waals surface area contributed by atoms with E-state index in [1.54, 1.807) is 11.3 Å². The fourth-order valence-corrected chi connectivity index (χ4v) is 20.8. The van der Waals surface area contributed by atoms with Crippen molar-refractivity contribution in [3.05, 3.63) is 169 Å². The van der Waals surface area contributed by atoms with Crippen LogP contribution in [-0.2, 0) is 23.2 Å². The first-order valence-corrected chi connectivity index (χ1v) is 27.8. The molecule has 0 spiro atoms. The van der Waals surface area contributed by atoms with Crippen molar-refractivity contribution < 1.29 is 27.6 Å². The highest BCUT2D eigenvalue weighted by atomic mass is 32.1. The van der Waals surface area contributed by atoms with Crippen LogP contribution >= 0.6 is 11.3 Å². The molecule has 65 heavy (non-hydrogen) atoms. The number of hydrogen-bond donors (Lipinski definition) is 0. The summed E-state index contributed by atoms with van der Waals surface area (Å²) in [5, 5.41) is 4.70. The van der Waals surface area contributed by atoms with Gasteiger partial charge in [-0.1, -0.05) is 193 Å². The minimum atomic E-state index is -3.28. The van der Waals surface area contributed by atoms with E-state index in [4.69, 9.17) is 13.6 Å². The second-order valence-electron chi connectivity index (χ2n) is 19.6. The molecule has 1 aliphatic rings. The predicted molar refractivity (Wildman–Crippen MR) is 272 cm³/mol. The number of rotatable bonds is 18. The molecular weight excluding hydrogens is 860 g/mol. The molecule has 5 aromatic carbocycles. The highest BCUT2D eigenvalue weighted by Gasteiger charge is 2.57. The summed E-state index contributed by atoms with van der Waals surface area (Å²) >= 11 is 1.59. The number of fused-ring (bicyclic) bond motifs is 1. The molecule has 340 valence electrons. The molecule has 1 saturated carbocycles. The maximum Gasteiger partial charge on any atom is 0.305 e. The summed E-state index contributed by atoms with van der Waals surface area (Å²) < 4.78 is 40.3. The molecule has 0 saturated heterocycles. The Labute approximate surface area is 392 Å². The zero-order valence-corrected chi connectivity index (χ0v) is 41.9. The molecule has 0 N–H and O–H groups in total. The van der Waals surface area contributed by atoms with Gasteiger partial charge >= 0.3 is 5.97 Å². The van der Waals surface area contributed by atoms with Crippen molar-refractivity contribution in [1.29, 1.82) is 0 Å². The Morgan fingerprint density at radius 3 is 1.71 bits per heavy atom. The number of ketones is 1. The molecule has 1 aromatic heterocycles. The third-order valence-electron chi connectivity index (χ3n) is 13.4. The molecule has 1 aliphatic carbocycles. The second kappa shape index (κ2) is 20.8. The molecule has 2 unspecified atom stereocenters. The molecule has 5 atom stereocenters. The summed E-state index contributed by atoms with van der Waals surface area (Å²) in [6, 6.07) is 52.2. The summed E-state index contributed by atoms with van der Waals surface area (Å²) in [6.07, 6.45) is 3.51. The lowest BCUT2D eigenvalue weighted by Crippen LogP contribution is -2.68. The van der Waals surface area contributed by atoms with Crippen molar-refractivity contribution in [3.8, 4) is 0 Å². The molecule has 0 amide bonds. The lowest BCUT2D eigenvalue weighted by Gasteiger charge is -2.46. The number of allylic oxidation sites excluding steroid dienone is 2. The minimum Gasteiger partial charge on any atom is -0.469 e. The SMILES string of the molecule is COC(=O)CCC/C=C\C[C@H]1C(=O)C[C@@H](O[Si](c2ccccc2)(c2ccccc2)C(C)(C)C)[C@@H]1CC(F)C(O[Si](c1ccccc1)(c1ccccc1)C(C)(C)C)c1cc2ccccc2s1. The normalized spacial score (nSPS) is 18.3. The number of hydrogen-bond acceptors (Lipinski definition) is 6. The average Bonchev–Trinajstić information content (AvgIpc) is 3.86. The van der Waals surface area contributed by atoms with Gasteiger partial charge in [0, 0.05) is 28.3 Å². The van der Waals surface area contributed by atoms with Gasteiger partial charge in [-0.2, -0.15) is 0 Å². The molecule has 1 heterocycles. The van der Waals surface area contributed by atoms with E-state index in [0.29, 0.717) is 25.7 Å². The van der Waals surface area contributed by atoms with E-state index in [1.165, 1.54) is 7.11 Å².